The molecule has 29 heavy (non-hydrogen) atoms. The van der Waals surface area contributed by atoms with E-state index in [1.807, 2.05) is 6.92 Å². The normalized spacial score (nSPS) is 12.3. The summed E-state index contributed by atoms with van der Waals surface area (Å²) in [5.41, 5.74) is -2.88. The van der Waals surface area contributed by atoms with Crippen molar-refractivity contribution in [2.24, 2.45) is 0 Å². The third-order valence-corrected chi connectivity index (χ3v) is 4.76. The molecule has 2 aromatic carbocycles. The third-order valence-electron chi connectivity index (χ3n) is 4.24. The average molecular weight is 427 g/mol. The van der Waals surface area contributed by atoms with Gasteiger partial charge in [0.05, 0.1) is 22.7 Å². The molecule has 1 aromatic heterocycles. The molecule has 3 aromatic rings. The van der Waals surface area contributed by atoms with Gasteiger partial charge in [0.2, 0.25) is 10.0 Å². The van der Waals surface area contributed by atoms with E-state index < -0.39 is 33.0 Å². The number of halogens is 3. The van der Waals surface area contributed by atoms with Crippen LogP contribution in [-0.4, -0.2) is 24.3 Å². The van der Waals surface area contributed by atoms with E-state index in [1.165, 1.54) is 6.07 Å². The molecule has 0 saturated carbocycles. The Labute approximate surface area is 162 Å². The number of hydrogen-bond acceptors (Lipinski definition) is 4. The van der Waals surface area contributed by atoms with Crippen LogP contribution in [0.5, 0.6) is 0 Å². The Morgan fingerprint density at radius 3 is 2.41 bits per heavy atom. The first kappa shape index (κ1) is 20.6. The van der Waals surface area contributed by atoms with E-state index in [2.05, 4.69) is 4.98 Å². The van der Waals surface area contributed by atoms with Gasteiger partial charge in [-0.2, -0.15) is 17.8 Å². The van der Waals surface area contributed by atoms with Crippen LogP contribution in [0.1, 0.15) is 18.1 Å². The second-order valence-corrected chi connectivity index (χ2v) is 8.16. The third kappa shape index (κ3) is 4.19. The molecule has 2 N–H and O–H groups in total. The van der Waals surface area contributed by atoms with Crippen molar-refractivity contribution in [1.29, 1.82) is 0 Å². The van der Waals surface area contributed by atoms with E-state index in [0.717, 1.165) is 17.9 Å². The van der Waals surface area contributed by atoms with Crippen molar-refractivity contribution < 1.29 is 21.6 Å². The molecule has 0 unspecified atom stereocenters. The van der Waals surface area contributed by atoms with Gasteiger partial charge >= 0.3 is 11.9 Å². The largest absolute Gasteiger partial charge is 0.417 e. The summed E-state index contributed by atoms with van der Waals surface area (Å²) in [4.78, 5) is 28.5. The number of nitrogens with zero attached hydrogens (tertiary/aromatic N) is 1. The van der Waals surface area contributed by atoms with Gasteiger partial charge in [-0.25, -0.2) is 18.0 Å². The van der Waals surface area contributed by atoms with Gasteiger partial charge in [-0.3, -0.25) is 4.79 Å². The van der Waals surface area contributed by atoms with Crippen LogP contribution in [-0.2, 0) is 22.6 Å². The summed E-state index contributed by atoms with van der Waals surface area (Å²) >= 11 is 0. The van der Waals surface area contributed by atoms with Gasteiger partial charge in [-0.05, 0) is 35.2 Å². The van der Waals surface area contributed by atoms with E-state index in [-0.39, 0.29) is 26.7 Å². The zero-order chi connectivity index (χ0) is 21.6. The second-order valence-electron chi connectivity index (χ2n) is 6.43. The highest BCUT2D eigenvalue weighted by molar-refractivity contribution is 7.91. The molecule has 154 valence electrons. The zero-order valence-electron chi connectivity index (χ0n) is 15.3. The fourth-order valence-corrected chi connectivity index (χ4v) is 3.44. The topological polar surface area (TPSA) is 101 Å². The molecular formula is C18H16F3N3O4S. The molecule has 0 saturated heterocycles. The van der Waals surface area contributed by atoms with E-state index >= 15 is 0 Å². The minimum atomic E-state index is -4.75. The van der Waals surface area contributed by atoms with Crippen LogP contribution in [0.4, 0.5) is 13.2 Å². The van der Waals surface area contributed by atoms with Crippen molar-refractivity contribution in [1.82, 2.24) is 9.66 Å². The van der Waals surface area contributed by atoms with Gasteiger partial charge in [0.1, 0.15) is 0 Å². The van der Waals surface area contributed by atoms with Crippen molar-refractivity contribution in [2.75, 3.05) is 11.1 Å². The lowest BCUT2D eigenvalue weighted by atomic mass is 9.95. The molecule has 0 spiro atoms. The SMILES string of the molecule is CCc1cccc(-c2cc3c(=O)n(NS(C)(=O)=O)c(=O)[nH]c3cc2C(F)(F)F)c1. The number of sulfonamides is 1. The van der Waals surface area contributed by atoms with Crippen LogP contribution < -0.4 is 16.1 Å². The van der Waals surface area contributed by atoms with Gasteiger partial charge in [0.15, 0.2) is 0 Å². The number of rotatable bonds is 4. The molecular weight excluding hydrogens is 411 g/mol. The summed E-state index contributed by atoms with van der Waals surface area (Å²) in [6.07, 6.45) is -3.42. The summed E-state index contributed by atoms with van der Waals surface area (Å²) in [5, 5.41) is -0.273. The molecule has 0 fully saturated rings. The quantitative estimate of drug-likeness (QED) is 0.668. The smallest absolute Gasteiger partial charge is 0.305 e. The number of hydrogen-bond donors (Lipinski definition) is 2. The molecule has 3 rings (SSSR count). The zero-order valence-corrected chi connectivity index (χ0v) is 16.1. The minimum Gasteiger partial charge on any atom is -0.305 e. The van der Waals surface area contributed by atoms with Crippen LogP contribution in [0, 0.1) is 0 Å². The predicted octanol–water partition coefficient (Wildman–Crippen LogP) is 2.44. The maximum atomic E-state index is 13.7. The Morgan fingerprint density at radius 2 is 1.83 bits per heavy atom. The van der Waals surface area contributed by atoms with Crippen LogP contribution in [0.2, 0.25) is 0 Å². The highest BCUT2D eigenvalue weighted by Crippen LogP contribution is 2.38. The van der Waals surface area contributed by atoms with Crippen LogP contribution >= 0.6 is 0 Å². The maximum Gasteiger partial charge on any atom is 0.417 e. The van der Waals surface area contributed by atoms with Gasteiger partial charge in [0, 0.05) is 0 Å². The van der Waals surface area contributed by atoms with E-state index in [9.17, 15) is 31.2 Å². The Hall–Kier alpha value is -3.08. The number of alkyl halides is 3. The fourth-order valence-electron chi connectivity index (χ4n) is 2.94. The number of benzene rings is 2. The summed E-state index contributed by atoms with van der Waals surface area (Å²) in [5.74, 6) is 0. The summed E-state index contributed by atoms with van der Waals surface area (Å²) in [6, 6.07) is 8.11. The number of nitrogens with one attached hydrogen (secondary N) is 2. The maximum absolute atomic E-state index is 13.7. The lowest BCUT2D eigenvalue weighted by Gasteiger charge is -2.16. The standard InChI is InChI=1S/C18H16F3N3O4S/c1-3-10-5-4-6-11(7-10)12-8-13-15(9-14(12)18(19,20)21)22-17(26)24(16(13)25)23-29(2,27)28/h4-9,23H,3H2,1-2H3,(H,22,26). The Morgan fingerprint density at radius 1 is 1.14 bits per heavy atom. The van der Waals surface area contributed by atoms with Gasteiger partial charge in [-0.1, -0.05) is 31.2 Å². The molecule has 0 aliphatic rings. The van der Waals surface area contributed by atoms with E-state index in [0.29, 0.717) is 12.5 Å². The number of H-pyrrole nitrogens is 1. The minimum absolute atomic E-state index is 0.206. The first-order valence-corrected chi connectivity index (χ1v) is 10.3. The first-order chi connectivity index (χ1) is 13.4. The van der Waals surface area contributed by atoms with Gasteiger partial charge in [-0.15, -0.1) is 0 Å². The van der Waals surface area contributed by atoms with E-state index in [4.69, 9.17) is 0 Å². The summed E-state index contributed by atoms with van der Waals surface area (Å²) in [7, 11) is -3.98. The fraction of sp³-hybridized carbons (Fsp3) is 0.222. The molecule has 0 aliphatic heterocycles. The highest BCUT2D eigenvalue weighted by Gasteiger charge is 2.34. The Balaban J connectivity index is 2.40. The average Bonchev–Trinajstić information content (AvgIpc) is 2.63. The lowest BCUT2D eigenvalue weighted by Crippen LogP contribution is -2.43. The van der Waals surface area contributed by atoms with Gasteiger partial charge < -0.3 is 4.98 Å². The van der Waals surface area contributed by atoms with Crippen molar-refractivity contribution in [3.8, 4) is 11.1 Å². The predicted molar refractivity (Wildman–Crippen MR) is 103 cm³/mol. The molecule has 0 amide bonds. The van der Waals surface area contributed by atoms with Crippen molar-refractivity contribution in [3.63, 3.8) is 0 Å². The first-order valence-electron chi connectivity index (χ1n) is 8.38. The molecule has 0 bridgehead atoms. The Bertz CT molecular complexity index is 1320. The van der Waals surface area contributed by atoms with Crippen LogP contribution in [0.25, 0.3) is 22.0 Å². The van der Waals surface area contributed by atoms with Crippen molar-refractivity contribution >= 4 is 20.9 Å². The molecule has 0 radical (unpaired) electrons. The summed E-state index contributed by atoms with van der Waals surface area (Å²) in [6.45, 7) is 1.85. The molecule has 0 atom stereocenters. The lowest BCUT2D eigenvalue weighted by molar-refractivity contribution is -0.137. The van der Waals surface area contributed by atoms with Crippen LogP contribution in [0.3, 0.4) is 0 Å². The van der Waals surface area contributed by atoms with E-state index in [1.54, 1.807) is 23.0 Å². The van der Waals surface area contributed by atoms with Crippen molar-refractivity contribution in [3.05, 3.63) is 68.4 Å². The van der Waals surface area contributed by atoms with Crippen molar-refractivity contribution in [2.45, 2.75) is 19.5 Å². The number of aromatic nitrogens is 2. The monoisotopic (exact) mass is 427 g/mol. The summed E-state index contributed by atoms with van der Waals surface area (Å²) < 4.78 is 64.1. The molecule has 11 heteroatoms. The van der Waals surface area contributed by atoms with Gasteiger partial charge in [0.25, 0.3) is 5.56 Å². The molecule has 0 aliphatic carbocycles. The highest BCUT2D eigenvalue weighted by atomic mass is 32.2. The molecule has 1 heterocycles. The number of aryl methyl sites for hydroxylation is 1. The molecule has 7 nitrogen and oxygen atoms in total. The number of aromatic amines is 1. The Kier molecular flexibility index (Phi) is 5.03. The van der Waals surface area contributed by atoms with Crippen LogP contribution in [0.15, 0.2) is 46.0 Å². The number of fused-ring (bicyclic) bond motifs is 1. The second kappa shape index (κ2) is 7.07.